The summed E-state index contributed by atoms with van der Waals surface area (Å²) in [7, 11) is 0. The van der Waals surface area contributed by atoms with E-state index in [0.717, 1.165) is 16.8 Å². The summed E-state index contributed by atoms with van der Waals surface area (Å²) >= 11 is 6.36. The van der Waals surface area contributed by atoms with Gasteiger partial charge in [0.05, 0.1) is 5.69 Å². The Morgan fingerprint density at radius 3 is 2.75 bits per heavy atom. The number of nitrogens with two attached hydrogens (primary N) is 1. The molecular formula is C16H12ClN7. The first-order valence-electron chi connectivity index (χ1n) is 7.15. The molecule has 0 aliphatic heterocycles. The average Bonchev–Trinajstić information content (AvgIpc) is 3.25. The first-order valence-corrected chi connectivity index (χ1v) is 7.53. The van der Waals surface area contributed by atoms with Crippen molar-refractivity contribution in [2.75, 3.05) is 5.73 Å². The highest BCUT2D eigenvalue weighted by Crippen LogP contribution is 2.34. The van der Waals surface area contributed by atoms with Crippen molar-refractivity contribution in [3.63, 3.8) is 0 Å². The molecule has 7 nitrogen and oxygen atoms in total. The summed E-state index contributed by atoms with van der Waals surface area (Å²) in [5, 5.41) is 13.2. The van der Waals surface area contributed by atoms with E-state index in [1.54, 1.807) is 16.9 Å². The fourth-order valence-corrected chi connectivity index (χ4v) is 2.70. The van der Waals surface area contributed by atoms with Gasteiger partial charge in [-0.25, -0.2) is 9.67 Å². The lowest BCUT2D eigenvalue weighted by Crippen LogP contribution is -1.98. The maximum absolute atomic E-state index is 6.36. The molecule has 0 spiro atoms. The minimum absolute atomic E-state index is 0.420. The molecule has 0 atom stereocenters. The van der Waals surface area contributed by atoms with Crippen molar-refractivity contribution in [1.82, 2.24) is 29.9 Å². The topological polar surface area (TPSA) is 98.3 Å². The number of nitrogens with one attached hydrogen (secondary N) is 1. The fraction of sp³-hybridized carbons (Fsp3) is 0. The third kappa shape index (κ3) is 2.50. The van der Waals surface area contributed by atoms with Crippen LogP contribution in [0.5, 0.6) is 0 Å². The van der Waals surface area contributed by atoms with Crippen molar-refractivity contribution in [1.29, 1.82) is 0 Å². The van der Waals surface area contributed by atoms with E-state index < -0.39 is 0 Å². The molecule has 8 heteroatoms. The Balaban J connectivity index is 1.94. The highest BCUT2D eigenvalue weighted by atomic mass is 35.5. The minimum atomic E-state index is 0.420. The Morgan fingerprint density at radius 2 is 2.00 bits per heavy atom. The SMILES string of the molecule is Nc1cc(-n2cc(-c3ccccc3Cl)c(-c3nnc[nH]3)n2)ccn1. The molecule has 0 amide bonds. The number of halogens is 1. The molecule has 4 rings (SSSR count). The summed E-state index contributed by atoms with van der Waals surface area (Å²) in [6, 6.07) is 11.1. The number of hydrogen-bond acceptors (Lipinski definition) is 5. The highest BCUT2D eigenvalue weighted by Gasteiger charge is 2.18. The highest BCUT2D eigenvalue weighted by molar-refractivity contribution is 6.33. The first-order chi connectivity index (χ1) is 11.7. The molecule has 3 heterocycles. The summed E-state index contributed by atoms with van der Waals surface area (Å²) < 4.78 is 1.72. The zero-order chi connectivity index (χ0) is 16.5. The van der Waals surface area contributed by atoms with Gasteiger partial charge in [0, 0.05) is 34.6 Å². The van der Waals surface area contributed by atoms with Crippen LogP contribution in [0.4, 0.5) is 5.82 Å². The lowest BCUT2D eigenvalue weighted by Gasteiger charge is -2.02. The van der Waals surface area contributed by atoms with Crippen molar-refractivity contribution in [3.05, 3.63) is 60.1 Å². The summed E-state index contributed by atoms with van der Waals surface area (Å²) in [6.07, 6.45) is 5.03. The molecule has 0 saturated carbocycles. The Kier molecular flexibility index (Phi) is 3.47. The fourth-order valence-electron chi connectivity index (χ4n) is 2.46. The van der Waals surface area contributed by atoms with Crippen LogP contribution < -0.4 is 5.73 Å². The standard InChI is InChI=1S/C16H12ClN7/c17-13-4-2-1-3-11(13)12-8-24(10-5-6-19-14(18)7-10)23-15(12)16-20-9-21-22-16/h1-9H,(H2,18,19)(H,20,21,22). The predicted octanol–water partition coefficient (Wildman–Crippen LogP) is 2.96. The second-order valence-corrected chi connectivity index (χ2v) is 5.50. The smallest absolute Gasteiger partial charge is 0.182 e. The third-order valence-electron chi connectivity index (χ3n) is 3.55. The molecule has 0 saturated heterocycles. The molecule has 0 bridgehead atoms. The lowest BCUT2D eigenvalue weighted by atomic mass is 10.1. The zero-order valence-corrected chi connectivity index (χ0v) is 13.1. The lowest BCUT2D eigenvalue weighted by molar-refractivity contribution is 0.878. The van der Waals surface area contributed by atoms with Crippen LogP contribution in [0, 0.1) is 0 Å². The Hall–Kier alpha value is -3.19. The van der Waals surface area contributed by atoms with Gasteiger partial charge in [-0.05, 0) is 12.1 Å². The molecule has 0 aliphatic rings. The van der Waals surface area contributed by atoms with Gasteiger partial charge in [-0.3, -0.25) is 0 Å². The van der Waals surface area contributed by atoms with Gasteiger partial charge in [0.25, 0.3) is 0 Å². The van der Waals surface area contributed by atoms with Crippen molar-refractivity contribution in [2.24, 2.45) is 0 Å². The largest absolute Gasteiger partial charge is 0.384 e. The first kappa shape index (κ1) is 14.4. The van der Waals surface area contributed by atoms with Crippen LogP contribution in [-0.4, -0.2) is 29.9 Å². The number of hydrogen-bond donors (Lipinski definition) is 2. The molecule has 0 aliphatic carbocycles. The number of aromatic nitrogens is 6. The number of nitrogens with zero attached hydrogens (tertiary/aromatic N) is 5. The Morgan fingerprint density at radius 1 is 1.12 bits per heavy atom. The molecule has 4 aromatic rings. The third-order valence-corrected chi connectivity index (χ3v) is 3.88. The van der Waals surface area contributed by atoms with Gasteiger partial charge in [0.2, 0.25) is 0 Å². The molecule has 0 fully saturated rings. The van der Waals surface area contributed by atoms with Crippen molar-refractivity contribution in [2.45, 2.75) is 0 Å². The van der Waals surface area contributed by atoms with Gasteiger partial charge in [-0.1, -0.05) is 29.8 Å². The average molecular weight is 338 g/mol. The van der Waals surface area contributed by atoms with Crippen LogP contribution >= 0.6 is 11.6 Å². The number of H-pyrrole nitrogens is 1. The second-order valence-electron chi connectivity index (χ2n) is 5.09. The second kappa shape index (κ2) is 5.78. The molecule has 1 aromatic carbocycles. The van der Waals surface area contributed by atoms with Gasteiger partial charge in [0.15, 0.2) is 5.82 Å². The predicted molar refractivity (Wildman–Crippen MR) is 91.6 cm³/mol. The maximum atomic E-state index is 6.36. The maximum Gasteiger partial charge on any atom is 0.182 e. The van der Waals surface area contributed by atoms with Gasteiger partial charge < -0.3 is 10.7 Å². The number of anilines is 1. The Labute approximate surface area is 142 Å². The van der Waals surface area contributed by atoms with Gasteiger partial charge >= 0.3 is 0 Å². The monoisotopic (exact) mass is 337 g/mol. The van der Waals surface area contributed by atoms with Crippen LogP contribution in [0.15, 0.2) is 55.1 Å². The summed E-state index contributed by atoms with van der Waals surface area (Å²) in [5.41, 5.74) is 8.91. The van der Waals surface area contributed by atoms with Gasteiger partial charge in [0.1, 0.15) is 17.8 Å². The molecule has 24 heavy (non-hydrogen) atoms. The van der Waals surface area contributed by atoms with E-state index in [-0.39, 0.29) is 0 Å². The molecular weight excluding hydrogens is 326 g/mol. The molecule has 0 unspecified atom stereocenters. The van der Waals surface area contributed by atoms with Crippen molar-refractivity contribution < 1.29 is 0 Å². The van der Waals surface area contributed by atoms with Crippen LogP contribution in [0.1, 0.15) is 0 Å². The number of nitrogen functional groups attached to an aromatic ring is 1. The van der Waals surface area contributed by atoms with Crippen LogP contribution in [-0.2, 0) is 0 Å². The van der Waals surface area contributed by atoms with E-state index >= 15 is 0 Å². The molecule has 118 valence electrons. The van der Waals surface area contributed by atoms with Crippen LogP contribution in [0.3, 0.4) is 0 Å². The van der Waals surface area contributed by atoms with Crippen LogP contribution in [0.25, 0.3) is 28.3 Å². The van der Waals surface area contributed by atoms with E-state index in [1.807, 2.05) is 36.5 Å². The van der Waals surface area contributed by atoms with Gasteiger partial charge in [-0.2, -0.15) is 5.10 Å². The van der Waals surface area contributed by atoms with Crippen molar-refractivity contribution in [3.8, 4) is 28.3 Å². The number of benzene rings is 1. The number of pyridine rings is 1. The quantitative estimate of drug-likeness (QED) is 0.599. The molecule has 3 aromatic heterocycles. The number of aromatic amines is 1. The van der Waals surface area contributed by atoms with E-state index in [4.69, 9.17) is 17.3 Å². The minimum Gasteiger partial charge on any atom is -0.384 e. The zero-order valence-electron chi connectivity index (χ0n) is 12.4. The summed E-state index contributed by atoms with van der Waals surface area (Å²) in [5.74, 6) is 0.981. The Bertz CT molecular complexity index is 991. The van der Waals surface area contributed by atoms with Crippen LogP contribution in [0.2, 0.25) is 5.02 Å². The molecule has 3 N–H and O–H groups in total. The van der Waals surface area contributed by atoms with E-state index in [2.05, 4.69) is 25.3 Å². The summed E-state index contributed by atoms with van der Waals surface area (Å²) in [4.78, 5) is 6.98. The normalized spacial score (nSPS) is 10.9. The van der Waals surface area contributed by atoms with Crippen molar-refractivity contribution >= 4 is 17.4 Å². The van der Waals surface area contributed by atoms with E-state index in [1.165, 1.54) is 6.33 Å². The van der Waals surface area contributed by atoms with E-state index in [0.29, 0.717) is 22.4 Å². The number of rotatable bonds is 3. The molecule has 0 radical (unpaired) electrons. The van der Waals surface area contributed by atoms with Gasteiger partial charge in [-0.15, -0.1) is 10.2 Å². The summed E-state index contributed by atoms with van der Waals surface area (Å²) in [6.45, 7) is 0. The van der Waals surface area contributed by atoms with E-state index in [9.17, 15) is 0 Å².